The normalized spacial score (nSPS) is 18.1. The lowest BCUT2D eigenvalue weighted by molar-refractivity contribution is -0.139. The van der Waals surface area contributed by atoms with Crippen LogP contribution < -0.4 is 0 Å². The minimum Gasteiger partial charge on any atom is -0.367 e. The number of carbonyl (C=O) groups excluding carboxylic acids is 1. The summed E-state index contributed by atoms with van der Waals surface area (Å²) in [6.45, 7) is 8.55. The van der Waals surface area contributed by atoms with Crippen molar-refractivity contribution in [3.8, 4) is 0 Å². The molecule has 1 amide bonds. The first-order valence-corrected chi connectivity index (χ1v) is 8.84. The monoisotopic (exact) mass is 346 g/mol. The maximum atomic E-state index is 12.5. The summed E-state index contributed by atoms with van der Waals surface area (Å²) in [6, 6.07) is 0. The van der Waals surface area contributed by atoms with Crippen LogP contribution in [0.25, 0.3) is 0 Å². The molecule has 3 heterocycles. The van der Waals surface area contributed by atoms with Crippen molar-refractivity contribution < 1.29 is 9.53 Å². The van der Waals surface area contributed by atoms with Gasteiger partial charge < -0.3 is 14.2 Å². The van der Waals surface area contributed by atoms with Gasteiger partial charge in [0.25, 0.3) is 0 Å². The molecular formula is C17H26N6O2. The summed E-state index contributed by atoms with van der Waals surface area (Å²) in [5.74, 6) is 2.88. The summed E-state index contributed by atoms with van der Waals surface area (Å²) in [5, 5.41) is 7.17. The number of imidazole rings is 1. The van der Waals surface area contributed by atoms with Gasteiger partial charge in [-0.2, -0.15) is 5.10 Å². The summed E-state index contributed by atoms with van der Waals surface area (Å²) >= 11 is 0. The summed E-state index contributed by atoms with van der Waals surface area (Å²) in [7, 11) is 0. The van der Waals surface area contributed by atoms with Crippen molar-refractivity contribution in [2.24, 2.45) is 0 Å². The van der Waals surface area contributed by atoms with Crippen molar-refractivity contribution in [1.82, 2.24) is 29.6 Å². The van der Waals surface area contributed by atoms with Gasteiger partial charge in [0.15, 0.2) is 11.6 Å². The molecule has 8 nitrogen and oxygen atoms in total. The molecule has 0 aliphatic carbocycles. The van der Waals surface area contributed by atoms with Crippen molar-refractivity contribution >= 4 is 5.91 Å². The first kappa shape index (κ1) is 17.6. The fourth-order valence-corrected chi connectivity index (χ4v) is 2.93. The lowest BCUT2D eigenvalue weighted by atomic mass is 10.2. The summed E-state index contributed by atoms with van der Waals surface area (Å²) in [4.78, 5) is 23.1. The predicted octanol–water partition coefficient (Wildman–Crippen LogP) is 1.81. The molecule has 0 aromatic carbocycles. The van der Waals surface area contributed by atoms with Crippen molar-refractivity contribution in [3.05, 3.63) is 29.9 Å². The molecule has 2 aromatic heterocycles. The number of H-pyrrole nitrogens is 1. The highest BCUT2D eigenvalue weighted by molar-refractivity contribution is 5.76. The van der Waals surface area contributed by atoms with Crippen molar-refractivity contribution in [1.29, 1.82) is 0 Å². The molecule has 1 aliphatic rings. The molecule has 0 radical (unpaired) electrons. The third-order valence-electron chi connectivity index (χ3n) is 4.47. The van der Waals surface area contributed by atoms with Gasteiger partial charge in [0.2, 0.25) is 5.91 Å². The van der Waals surface area contributed by atoms with E-state index in [0.29, 0.717) is 31.9 Å². The van der Waals surface area contributed by atoms with E-state index in [-0.39, 0.29) is 17.9 Å². The zero-order valence-electron chi connectivity index (χ0n) is 15.1. The molecule has 1 saturated heterocycles. The maximum Gasteiger partial charge on any atom is 0.222 e. The molecule has 136 valence electrons. The highest BCUT2D eigenvalue weighted by Gasteiger charge is 2.27. The van der Waals surface area contributed by atoms with Gasteiger partial charge in [-0.25, -0.2) is 9.97 Å². The fourth-order valence-electron chi connectivity index (χ4n) is 2.93. The topological polar surface area (TPSA) is 88.9 Å². The lowest BCUT2D eigenvalue weighted by Gasteiger charge is -2.32. The Kier molecular flexibility index (Phi) is 5.47. The van der Waals surface area contributed by atoms with E-state index in [9.17, 15) is 4.79 Å². The van der Waals surface area contributed by atoms with E-state index in [1.807, 2.05) is 31.9 Å². The first-order chi connectivity index (χ1) is 12.0. The van der Waals surface area contributed by atoms with E-state index in [0.717, 1.165) is 24.6 Å². The van der Waals surface area contributed by atoms with Gasteiger partial charge in [0, 0.05) is 37.8 Å². The van der Waals surface area contributed by atoms with E-state index < -0.39 is 0 Å². The molecule has 25 heavy (non-hydrogen) atoms. The van der Waals surface area contributed by atoms with Crippen LogP contribution in [0.5, 0.6) is 0 Å². The highest BCUT2D eigenvalue weighted by atomic mass is 16.5. The van der Waals surface area contributed by atoms with Crippen LogP contribution in [-0.2, 0) is 16.1 Å². The molecule has 3 rings (SSSR count). The van der Waals surface area contributed by atoms with Gasteiger partial charge in [-0.15, -0.1) is 0 Å². The summed E-state index contributed by atoms with van der Waals surface area (Å²) in [5.41, 5.74) is 0. The largest absolute Gasteiger partial charge is 0.367 e. The molecule has 1 fully saturated rings. The van der Waals surface area contributed by atoms with Gasteiger partial charge >= 0.3 is 0 Å². The number of nitrogens with one attached hydrogen (secondary N) is 1. The molecule has 0 saturated carbocycles. The molecule has 2 aromatic rings. The molecule has 8 heteroatoms. The number of nitrogens with zero attached hydrogens (tertiary/aromatic N) is 5. The minimum absolute atomic E-state index is 0.162. The van der Waals surface area contributed by atoms with Crippen LogP contribution >= 0.6 is 0 Å². The quantitative estimate of drug-likeness (QED) is 0.862. The molecule has 1 aliphatic heterocycles. The Morgan fingerprint density at radius 2 is 2.32 bits per heavy atom. The maximum absolute atomic E-state index is 12.5. The Hall–Kier alpha value is -2.22. The second kappa shape index (κ2) is 7.77. The smallest absolute Gasteiger partial charge is 0.222 e. The van der Waals surface area contributed by atoms with Crippen LogP contribution in [0.3, 0.4) is 0 Å². The average molecular weight is 346 g/mol. The van der Waals surface area contributed by atoms with Crippen LogP contribution in [0, 0.1) is 6.92 Å². The van der Waals surface area contributed by atoms with E-state index >= 15 is 0 Å². The molecule has 1 atom stereocenters. The number of amides is 1. The minimum atomic E-state index is -0.228. The Morgan fingerprint density at radius 3 is 3.00 bits per heavy atom. The van der Waals surface area contributed by atoms with E-state index in [2.05, 4.69) is 24.7 Å². The number of aryl methyl sites for hydroxylation is 2. The van der Waals surface area contributed by atoms with Crippen molar-refractivity contribution in [2.75, 3.05) is 19.7 Å². The number of hydrogen-bond acceptors (Lipinski definition) is 5. The molecule has 1 unspecified atom stereocenters. The van der Waals surface area contributed by atoms with E-state index in [4.69, 9.17) is 4.74 Å². The average Bonchev–Trinajstić information content (AvgIpc) is 3.25. The number of rotatable bonds is 6. The zero-order valence-corrected chi connectivity index (χ0v) is 15.1. The summed E-state index contributed by atoms with van der Waals surface area (Å²) in [6.07, 6.45) is 4.83. The van der Waals surface area contributed by atoms with Crippen LogP contribution in [0.1, 0.15) is 56.2 Å². The number of aromatic amines is 1. The summed E-state index contributed by atoms with van der Waals surface area (Å²) < 4.78 is 7.84. The Morgan fingerprint density at radius 1 is 1.48 bits per heavy atom. The standard InChI is InChI=1S/C17H26N6O2/c1-12(2)16-19-17(21-20-16)14-11-23(9-10-25-14)15(24)5-4-7-22-8-6-18-13(22)3/h6,8,12,14H,4-5,7,9-11H2,1-3H3,(H,19,20,21). The lowest BCUT2D eigenvalue weighted by Crippen LogP contribution is -2.42. The highest BCUT2D eigenvalue weighted by Crippen LogP contribution is 2.21. The van der Waals surface area contributed by atoms with Crippen molar-refractivity contribution in [2.45, 2.75) is 52.2 Å². The Labute approximate surface area is 147 Å². The number of carbonyl (C=O) groups is 1. The van der Waals surface area contributed by atoms with Gasteiger partial charge in [-0.1, -0.05) is 13.8 Å². The molecule has 0 bridgehead atoms. The van der Waals surface area contributed by atoms with E-state index in [1.54, 1.807) is 6.20 Å². The van der Waals surface area contributed by atoms with Crippen LogP contribution in [0.15, 0.2) is 12.4 Å². The van der Waals surface area contributed by atoms with Gasteiger partial charge in [-0.3, -0.25) is 9.89 Å². The molecule has 1 N–H and O–H groups in total. The van der Waals surface area contributed by atoms with Crippen molar-refractivity contribution in [3.63, 3.8) is 0 Å². The van der Waals surface area contributed by atoms with Crippen LogP contribution in [0.4, 0.5) is 0 Å². The van der Waals surface area contributed by atoms with Crippen LogP contribution in [-0.4, -0.2) is 55.2 Å². The molecule has 0 spiro atoms. The second-order valence-corrected chi connectivity index (χ2v) is 6.70. The third kappa shape index (κ3) is 4.25. The number of morpholine rings is 1. The Bertz CT molecular complexity index is 708. The van der Waals surface area contributed by atoms with Gasteiger partial charge in [0.05, 0.1) is 13.2 Å². The SMILES string of the molecule is Cc1nccn1CCCC(=O)N1CCOC(c2nc(C(C)C)n[nH]2)C1. The predicted molar refractivity (Wildman–Crippen MR) is 91.9 cm³/mol. The number of ether oxygens (including phenoxy) is 1. The number of aromatic nitrogens is 5. The third-order valence-corrected chi connectivity index (χ3v) is 4.47. The van der Waals surface area contributed by atoms with Gasteiger partial charge in [-0.05, 0) is 13.3 Å². The van der Waals surface area contributed by atoms with E-state index in [1.165, 1.54) is 0 Å². The first-order valence-electron chi connectivity index (χ1n) is 8.84. The molecular weight excluding hydrogens is 320 g/mol. The Balaban J connectivity index is 1.51. The zero-order chi connectivity index (χ0) is 17.8. The van der Waals surface area contributed by atoms with Gasteiger partial charge in [0.1, 0.15) is 11.9 Å². The number of hydrogen-bond donors (Lipinski definition) is 1. The second-order valence-electron chi connectivity index (χ2n) is 6.70. The fraction of sp³-hybridized carbons (Fsp3) is 0.647. The van der Waals surface area contributed by atoms with Crippen LogP contribution in [0.2, 0.25) is 0 Å².